The summed E-state index contributed by atoms with van der Waals surface area (Å²) in [5, 5.41) is 0. The minimum absolute atomic E-state index is 0.00273. The van der Waals surface area contributed by atoms with Gasteiger partial charge in [-0.15, -0.1) is 0 Å². The quantitative estimate of drug-likeness (QED) is 0.646. The lowest BCUT2D eigenvalue weighted by molar-refractivity contribution is -0.123. The summed E-state index contributed by atoms with van der Waals surface area (Å²) in [7, 11) is 0. The predicted octanol–water partition coefficient (Wildman–Crippen LogP) is 2.40. The maximum atomic E-state index is 12.3. The van der Waals surface area contributed by atoms with E-state index in [1.54, 1.807) is 0 Å². The number of carbonyl (C=O) groups is 2. The SMILES string of the molecule is C[C@]12CCC(=O)CC[C@H]1C(=O)C1=C2CCCO1. The summed E-state index contributed by atoms with van der Waals surface area (Å²) >= 11 is 0. The molecule has 0 amide bonds. The molecule has 0 saturated heterocycles. The number of ketones is 2. The van der Waals surface area contributed by atoms with Crippen molar-refractivity contribution in [1.29, 1.82) is 0 Å². The highest BCUT2D eigenvalue weighted by atomic mass is 16.5. The zero-order valence-corrected chi connectivity index (χ0v) is 10.3. The first-order valence-corrected chi connectivity index (χ1v) is 6.55. The number of hydrogen-bond donors (Lipinski definition) is 0. The smallest absolute Gasteiger partial charge is 0.201 e. The van der Waals surface area contributed by atoms with Crippen LogP contribution in [0.25, 0.3) is 0 Å². The number of hydrogen-bond acceptors (Lipinski definition) is 3. The Morgan fingerprint density at radius 1 is 1.24 bits per heavy atom. The lowest BCUT2D eigenvalue weighted by atomic mass is 9.71. The van der Waals surface area contributed by atoms with Gasteiger partial charge in [-0.1, -0.05) is 6.92 Å². The van der Waals surface area contributed by atoms with Gasteiger partial charge in [-0.2, -0.15) is 0 Å². The molecule has 3 rings (SSSR count). The van der Waals surface area contributed by atoms with Crippen LogP contribution in [0.4, 0.5) is 0 Å². The van der Waals surface area contributed by atoms with Gasteiger partial charge in [0.2, 0.25) is 5.78 Å². The molecule has 17 heavy (non-hydrogen) atoms. The number of ether oxygens (including phenoxy) is 1. The van der Waals surface area contributed by atoms with Crippen LogP contribution in [0.5, 0.6) is 0 Å². The first-order valence-electron chi connectivity index (χ1n) is 6.55. The van der Waals surface area contributed by atoms with Crippen LogP contribution in [-0.2, 0) is 14.3 Å². The van der Waals surface area contributed by atoms with Crippen LogP contribution >= 0.6 is 0 Å². The van der Waals surface area contributed by atoms with Crippen molar-refractivity contribution in [2.75, 3.05) is 6.61 Å². The predicted molar refractivity (Wildman–Crippen MR) is 62.3 cm³/mol. The zero-order chi connectivity index (χ0) is 12.0. The molecule has 0 spiro atoms. The molecule has 0 bridgehead atoms. The van der Waals surface area contributed by atoms with Crippen LogP contribution < -0.4 is 0 Å². The molecule has 0 aromatic rings. The summed E-state index contributed by atoms with van der Waals surface area (Å²) in [4.78, 5) is 23.9. The molecule has 1 heterocycles. The maximum Gasteiger partial charge on any atom is 0.201 e. The van der Waals surface area contributed by atoms with Gasteiger partial charge in [-0.3, -0.25) is 9.59 Å². The van der Waals surface area contributed by atoms with Crippen LogP contribution in [0.3, 0.4) is 0 Å². The second-order valence-corrected chi connectivity index (χ2v) is 5.67. The van der Waals surface area contributed by atoms with E-state index < -0.39 is 0 Å². The third-order valence-electron chi connectivity index (χ3n) is 4.73. The van der Waals surface area contributed by atoms with Crippen molar-refractivity contribution in [3.05, 3.63) is 11.3 Å². The summed E-state index contributed by atoms with van der Waals surface area (Å²) < 4.78 is 5.58. The van der Waals surface area contributed by atoms with E-state index >= 15 is 0 Å². The van der Waals surface area contributed by atoms with Gasteiger partial charge in [-0.05, 0) is 31.3 Å². The summed E-state index contributed by atoms with van der Waals surface area (Å²) in [6, 6.07) is 0. The average Bonchev–Trinajstić information content (AvgIpc) is 2.46. The van der Waals surface area contributed by atoms with Gasteiger partial charge in [0.25, 0.3) is 0 Å². The molecule has 1 aliphatic heterocycles. The lowest BCUT2D eigenvalue weighted by Gasteiger charge is -2.32. The molecule has 1 saturated carbocycles. The Labute approximate surface area is 101 Å². The Morgan fingerprint density at radius 3 is 2.88 bits per heavy atom. The topological polar surface area (TPSA) is 43.4 Å². The van der Waals surface area contributed by atoms with Gasteiger partial charge >= 0.3 is 0 Å². The van der Waals surface area contributed by atoms with E-state index in [9.17, 15) is 9.59 Å². The Morgan fingerprint density at radius 2 is 2.06 bits per heavy atom. The minimum atomic E-state index is -0.0982. The summed E-state index contributed by atoms with van der Waals surface area (Å²) in [6.07, 6.45) is 4.70. The van der Waals surface area contributed by atoms with Crippen molar-refractivity contribution >= 4 is 11.6 Å². The van der Waals surface area contributed by atoms with E-state index in [0.717, 1.165) is 19.3 Å². The Hall–Kier alpha value is -1.12. The zero-order valence-electron chi connectivity index (χ0n) is 10.3. The molecule has 0 N–H and O–H groups in total. The molecule has 2 atom stereocenters. The Kier molecular flexibility index (Phi) is 2.39. The molecule has 1 fully saturated rings. The molecule has 0 radical (unpaired) electrons. The van der Waals surface area contributed by atoms with E-state index in [0.29, 0.717) is 37.4 Å². The van der Waals surface area contributed by atoms with E-state index in [1.807, 2.05) is 0 Å². The van der Waals surface area contributed by atoms with Crippen molar-refractivity contribution in [3.63, 3.8) is 0 Å². The third kappa shape index (κ3) is 1.48. The van der Waals surface area contributed by atoms with Crippen LogP contribution in [0.2, 0.25) is 0 Å². The van der Waals surface area contributed by atoms with Crippen LogP contribution in [0.1, 0.15) is 45.4 Å². The number of allylic oxidation sites excluding steroid dienone is 2. The fourth-order valence-corrected chi connectivity index (χ4v) is 3.65. The first-order chi connectivity index (χ1) is 8.13. The van der Waals surface area contributed by atoms with Crippen molar-refractivity contribution < 1.29 is 14.3 Å². The summed E-state index contributed by atoms with van der Waals surface area (Å²) in [6.45, 7) is 2.83. The molecule has 0 unspecified atom stereocenters. The summed E-state index contributed by atoms with van der Waals surface area (Å²) in [5.41, 5.74) is 1.10. The number of rotatable bonds is 0. The van der Waals surface area contributed by atoms with Gasteiger partial charge in [0, 0.05) is 24.2 Å². The van der Waals surface area contributed by atoms with E-state index in [-0.39, 0.29) is 17.1 Å². The second kappa shape index (κ2) is 3.69. The fourth-order valence-electron chi connectivity index (χ4n) is 3.65. The standard InChI is InChI=1S/C14H18O3/c1-14-7-6-9(15)4-5-10(14)12(16)13-11(14)3-2-8-17-13/h10H,2-8H2,1H3/t10-,14-/m0/s1. The van der Waals surface area contributed by atoms with Gasteiger partial charge in [-0.25, -0.2) is 0 Å². The van der Waals surface area contributed by atoms with Crippen molar-refractivity contribution in [3.8, 4) is 0 Å². The Bertz CT molecular complexity index is 421. The highest BCUT2D eigenvalue weighted by Crippen LogP contribution is 2.54. The highest BCUT2D eigenvalue weighted by molar-refractivity contribution is 6.01. The average molecular weight is 234 g/mol. The molecular formula is C14H18O3. The molecule has 3 nitrogen and oxygen atoms in total. The second-order valence-electron chi connectivity index (χ2n) is 5.67. The molecule has 3 heteroatoms. The monoisotopic (exact) mass is 234 g/mol. The first kappa shape index (κ1) is 11.0. The lowest BCUT2D eigenvalue weighted by Crippen LogP contribution is -2.27. The normalized spacial score (nSPS) is 37.4. The van der Waals surface area contributed by atoms with Gasteiger partial charge in [0.15, 0.2) is 5.76 Å². The minimum Gasteiger partial charge on any atom is -0.490 e. The van der Waals surface area contributed by atoms with Gasteiger partial charge < -0.3 is 4.74 Å². The van der Waals surface area contributed by atoms with Gasteiger partial charge in [0.1, 0.15) is 5.78 Å². The van der Waals surface area contributed by atoms with Crippen LogP contribution in [0, 0.1) is 11.3 Å². The van der Waals surface area contributed by atoms with Crippen LogP contribution in [-0.4, -0.2) is 18.2 Å². The molecule has 92 valence electrons. The summed E-state index contributed by atoms with van der Waals surface area (Å²) in [5.74, 6) is 1.12. The number of Topliss-reactive ketones (excluding diaryl/α,β-unsaturated/α-hetero) is 2. The molecule has 3 aliphatic rings. The number of fused-ring (bicyclic) bond motifs is 2. The van der Waals surface area contributed by atoms with E-state index in [2.05, 4.69) is 6.92 Å². The van der Waals surface area contributed by atoms with Gasteiger partial charge in [0.05, 0.1) is 6.61 Å². The van der Waals surface area contributed by atoms with Crippen LogP contribution in [0.15, 0.2) is 11.3 Å². The van der Waals surface area contributed by atoms with E-state index in [1.165, 1.54) is 5.57 Å². The maximum absolute atomic E-state index is 12.3. The highest BCUT2D eigenvalue weighted by Gasteiger charge is 2.52. The molecule has 2 aliphatic carbocycles. The largest absolute Gasteiger partial charge is 0.490 e. The van der Waals surface area contributed by atoms with E-state index in [4.69, 9.17) is 4.74 Å². The fraction of sp³-hybridized carbons (Fsp3) is 0.714. The van der Waals surface area contributed by atoms with Crippen molar-refractivity contribution in [2.45, 2.75) is 45.4 Å². The van der Waals surface area contributed by atoms with Crippen molar-refractivity contribution in [2.24, 2.45) is 11.3 Å². The Balaban J connectivity index is 2.02. The number of carbonyl (C=O) groups excluding carboxylic acids is 2. The van der Waals surface area contributed by atoms with Crippen molar-refractivity contribution in [1.82, 2.24) is 0 Å². The molecule has 0 aromatic carbocycles. The molecule has 0 aromatic heterocycles. The third-order valence-corrected chi connectivity index (χ3v) is 4.73. The molecular weight excluding hydrogens is 216 g/mol.